The highest BCUT2D eigenvalue weighted by Crippen LogP contribution is 2.51. The molecule has 0 rings (SSSR count). The first kappa shape index (κ1) is 21.1. The molecule has 21 heavy (non-hydrogen) atoms. The molecule has 2 nitrogen and oxygen atoms in total. The van der Waals surface area contributed by atoms with Crippen LogP contribution in [-0.4, -0.2) is 18.6 Å². The molecule has 0 N–H and O–H groups in total. The molecule has 0 saturated carbocycles. The second-order valence-corrected chi connectivity index (χ2v) is 9.34. The van der Waals surface area contributed by atoms with E-state index in [0.29, 0.717) is 18.2 Å². The topological polar surface area (TPSA) is 26.3 Å². The van der Waals surface area contributed by atoms with E-state index in [1.165, 1.54) is 32.1 Å². The lowest BCUT2D eigenvalue weighted by molar-refractivity contribution is 0.242. The van der Waals surface area contributed by atoms with E-state index in [1.807, 2.05) is 0 Å². The molecule has 1 atom stereocenters. The maximum Gasteiger partial charge on any atom is 0.373 e. The number of hydrogen-bond donors (Lipinski definition) is 0. The lowest BCUT2D eigenvalue weighted by atomic mass is 9.84. The van der Waals surface area contributed by atoms with Crippen molar-refractivity contribution in [3.63, 3.8) is 0 Å². The third kappa shape index (κ3) is 8.94. The van der Waals surface area contributed by atoms with Gasteiger partial charge in [0.1, 0.15) is 0 Å². The van der Waals surface area contributed by atoms with Gasteiger partial charge in [0, 0.05) is 7.11 Å². The summed E-state index contributed by atoms with van der Waals surface area (Å²) in [7, 11) is 0.381. The van der Waals surface area contributed by atoms with Gasteiger partial charge in [-0.2, -0.15) is 0 Å². The number of ether oxygens (including phenoxy) is 1. The van der Waals surface area contributed by atoms with Crippen LogP contribution in [0.1, 0.15) is 86.0 Å². The monoisotopic (exact) mass is 317 g/mol. The third-order valence-electron chi connectivity index (χ3n) is 4.10. The zero-order chi connectivity index (χ0) is 16.3. The Morgan fingerprint density at radius 3 is 1.90 bits per heavy atom. The van der Waals surface area contributed by atoms with Crippen LogP contribution in [0.15, 0.2) is 0 Å². The minimum Gasteiger partial charge on any atom is -0.341 e. The van der Waals surface area contributed by atoms with Crippen molar-refractivity contribution >= 4 is 7.80 Å². The molecule has 0 heterocycles. The van der Waals surface area contributed by atoms with Gasteiger partial charge >= 0.3 is 7.80 Å². The summed E-state index contributed by atoms with van der Waals surface area (Å²) in [6.45, 7) is 11.3. The van der Waals surface area contributed by atoms with Crippen LogP contribution in [0.5, 0.6) is 0 Å². The number of hydrogen-bond acceptors (Lipinski definition) is 2. The molecule has 3 heteroatoms. The highest BCUT2D eigenvalue weighted by Gasteiger charge is 2.48. The quantitative estimate of drug-likeness (QED) is 0.282. The van der Waals surface area contributed by atoms with Crippen molar-refractivity contribution in [2.45, 2.75) is 91.1 Å². The van der Waals surface area contributed by atoms with Gasteiger partial charge in [-0.15, -0.1) is 0 Å². The fourth-order valence-electron chi connectivity index (χ4n) is 3.45. The molecular weight excluding hydrogens is 279 g/mol. The molecule has 0 aliphatic rings. The van der Waals surface area contributed by atoms with Gasteiger partial charge in [-0.3, -0.25) is 0 Å². The summed E-state index contributed by atoms with van der Waals surface area (Å²) in [4.78, 5) is 0. The SMILES string of the molecule is CCCCCCCC(CC(C)C)(CC(C)C)[P+](=O)COC. The Morgan fingerprint density at radius 2 is 1.48 bits per heavy atom. The molecule has 0 saturated heterocycles. The molecule has 1 unspecified atom stereocenters. The Kier molecular flexibility index (Phi) is 11.6. The van der Waals surface area contributed by atoms with Crippen LogP contribution in [0.25, 0.3) is 0 Å². The van der Waals surface area contributed by atoms with Crippen molar-refractivity contribution in [1.29, 1.82) is 0 Å². The highest BCUT2D eigenvalue weighted by molar-refractivity contribution is 7.46. The van der Waals surface area contributed by atoms with Gasteiger partial charge < -0.3 is 4.74 Å². The molecule has 0 aliphatic heterocycles. The first-order valence-electron chi connectivity index (χ1n) is 8.81. The van der Waals surface area contributed by atoms with Gasteiger partial charge in [-0.1, -0.05) is 64.9 Å². The van der Waals surface area contributed by atoms with Crippen LogP contribution in [-0.2, 0) is 9.30 Å². The van der Waals surface area contributed by atoms with Crippen molar-refractivity contribution in [3.05, 3.63) is 0 Å². The lowest BCUT2D eigenvalue weighted by Crippen LogP contribution is -2.30. The molecule has 0 spiro atoms. The van der Waals surface area contributed by atoms with E-state index in [1.54, 1.807) is 7.11 Å². The van der Waals surface area contributed by atoms with E-state index in [4.69, 9.17) is 4.74 Å². The van der Waals surface area contributed by atoms with E-state index in [-0.39, 0.29) is 5.16 Å². The molecule has 0 aromatic carbocycles. The second kappa shape index (κ2) is 11.6. The summed E-state index contributed by atoms with van der Waals surface area (Å²) >= 11 is 0. The molecule has 0 aliphatic carbocycles. The molecule has 0 radical (unpaired) electrons. The van der Waals surface area contributed by atoms with E-state index in [2.05, 4.69) is 34.6 Å². The van der Waals surface area contributed by atoms with Gasteiger partial charge in [0.2, 0.25) is 6.35 Å². The summed E-state index contributed by atoms with van der Waals surface area (Å²) in [6, 6.07) is 0. The van der Waals surface area contributed by atoms with Crippen LogP contribution in [0.2, 0.25) is 0 Å². The van der Waals surface area contributed by atoms with Crippen LogP contribution >= 0.6 is 7.80 Å². The van der Waals surface area contributed by atoms with Gasteiger partial charge in [0.05, 0.1) is 0 Å². The average molecular weight is 317 g/mol. The van der Waals surface area contributed by atoms with Crippen molar-refractivity contribution in [2.24, 2.45) is 11.8 Å². The summed E-state index contributed by atoms with van der Waals surface area (Å²) < 4.78 is 18.1. The number of rotatable bonds is 13. The third-order valence-corrected chi connectivity index (χ3v) is 6.24. The van der Waals surface area contributed by atoms with Crippen molar-refractivity contribution in [3.8, 4) is 0 Å². The Balaban J connectivity index is 4.84. The molecular formula is C18H38O2P+. The van der Waals surface area contributed by atoms with Gasteiger partial charge in [0.25, 0.3) is 0 Å². The van der Waals surface area contributed by atoms with E-state index in [0.717, 1.165) is 19.3 Å². The minimum atomic E-state index is -1.29. The molecule has 0 bridgehead atoms. The maximum atomic E-state index is 12.9. The van der Waals surface area contributed by atoms with E-state index >= 15 is 0 Å². The van der Waals surface area contributed by atoms with E-state index < -0.39 is 7.80 Å². The predicted molar refractivity (Wildman–Crippen MR) is 94.5 cm³/mol. The Hall–Kier alpha value is 0.0600. The first-order valence-corrected chi connectivity index (χ1v) is 10.3. The highest BCUT2D eigenvalue weighted by atomic mass is 31.1. The fraction of sp³-hybridized carbons (Fsp3) is 1.00. The summed E-state index contributed by atoms with van der Waals surface area (Å²) in [5.41, 5.74) is 0. The summed E-state index contributed by atoms with van der Waals surface area (Å²) in [6.07, 6.45) is 10.1. The van der Waals surface area contributed by atoms with Crippen molar-refractivity contribution < 1.29 is 9.30 Å². The average Bonchev–Trinajstić information content (AvgIpc) is 2.37. The summed E-state index contributed by atoms with van der Waals surface area (Å²) in [5.74, 6) is 1.19. The largest absolute Gasteiger partial charge is 0.373 e. The normalized spacial score (nSPS) is 13.2. The Labute approximate surface area is 134 Å². The summed E-state index contributed by atoms with van der Waals surface area (Å²) in [5, 5.41) is -0.0140. The van der Waals surface area contributed by atoms with Gasteiger partial charge in [-0.25, -0.2) is 0 Å². The van der Waals surface area contributed by atoms with Crippen LogP contribution in [0.3, 0.4) is 0 Å². The molecule has 0 fully saturated rings. The van der Waals surface area contributed by atoms with E-state index in [9.17, 15) is 4.57 Å². The van der Waals surface area contributed by atoms with Crippen LogP contribution in [0.4, 0.5) is 0 Å². The minimum absolute atomic E-state index is 0.0140. The van der Waals surface area contributed by atoms with Crippen molar-refractivity contribution in [2.75, 3.05) is 13.5 Å². The molecule has 0 aromatic heterocycles. The molecule has 0 aromatic rings. The lowest BCUT2D eigenvalue weighted by Gasteiger charge is -2.28. The van der Waals surface area contributed by atoms with Gasteiger partial charge in [-0.05, 0) is 37.5 Å². The standard InChI is InChI=1S/C18H38O2P/c1-7-8-9-10-11-12-18(13-16(2)3,14-17(4)5)21(19)15-20-6/h16-17H,7-15H2,1-6H3/q+1. The Bertz CT molecular complexity index is 264. The maximum absolute atomic E-state index is 12.9. The van der Waals surface area contributed by atoms with Crippen LogP contribution in [0, 0.1) is 11.8 Å². The Morgan fingerprint density at radius 1 is 0.952 bits per heavy atom. The number of methoxy groups -OCH3 is 1. The fourth-order valence-corrected chi connectivity index (χ4v) is 5.50. The predicted octanol–water partition coefficient (Wildman–Crippen LogP) is 6.61. The zero-order valence-electron chi connectivity index (χ0n) is 15.3. The zero-order valence-corrected chi connectivity index (χ0v) is 16.2. The van der Waals surface area contributed by atoms with Gasteiger partial charge in [0.15, 0.2) is 5.16 Å². The number of unbranched alkanes of at least 4 members (excludes halogenated alkanes) is 4. The van der Waals surface area contributed by atoms with Crippen molar-refractivity contribution in [1.82, 2.24) is 0 Å². The molecule has 126 valence electrons. The second-order valence-electron chi connectivity index (χ2n) is 7.38. The molecule has 0 amide bonds. The smallest absolute Gasteiger partial charge is 0.341 e. The first-order chi connectivity index (χ1) is 9.88. The van der Waals surface area contributed by atoms with Crippen LogP contribution < -0.4 is 0 Å².